The predicted molar refractivity (Wildman–Crippen MR) is 118 cm³/mol. The molecule has 0 radical (unpaired) electrons. The second kappa shape index (κ2) is 11.4. The molecular formula is C24H36O8Sn. The van der Waals surface area contributed by atoms with Gasteiger partial charge in [0.2, 0.25) is 0 Å². The summed E-state index contributed by atoms with van der Waals surface area (Å²) in [5, 5.41) is 0. The van der Waals surface area contributed by atoms with E-state index >= 15 is 0 Å². The molecule has 4 fully saturated rings. The summed E-state index contributed by atoms with van der Waals surface area (Å²) in [5.74, 6) is -3.66. The molecule has 33 heavy (non-hydrogen) atoms. The van der Waals surface area contributed by atoms with Crippen LogP contribution in [0.3, 0.4) is 0 Å². The molecule has 4 saturated carbocycles. The molecule has 4 aliphatic rings. The van der Waals surface area contributed by atoms with Gasteiger partial charge in [0, 0.05) is 0 Å². The molecule has 0 amide bonds. The van der Waals surface area contributed by atoms with Crippen molar-refractivity contribution in [3.05, 3.63) is 0 Å². The van der Waals surface area contributed by atoms with Crippen LogP contribution in [0.1, 0.15) is 103 Å². The van der Waals surface area contributed by atoms with E-state index in [9.17, 15) is 19.2 Å². The summed E-state index contributed by atoms with van der Waals surface area (Å²) in [6.45, 7) is 0. The van der Waals surface area contributed by atoms with E-state index in [0.717, 1.165) is 51.4 Å². The van der Waals surface area contributed by atoms with Gasteiger partial charge in [0.15, 0.2) is 0 Å². The van der Waals surface area contributed by atoms with Crippen LogP contribution in [0.2, 0.25) is 0 Å². The van der Waals surface area contributed by atoms with Gasteiger partial charge >= 0.3 is 202 Å². The third-order valence-corrected chi connectivity index (χ3v) is 12.8. The summed E-state index contributed by atoms with van der Waals surface area (Å²) in [6.07, 6.45) is 12.7. The van der Waals surface area contributed by atoms with Crippen molar-refractivity contribution in [3.63, 3.8) is 0 Å². The normalized spacial score (nSPS) is 23.0. The van der Waals surface area contributed by atoms with E-state index in [-0.39, 0.29) is 23.7 Å². The second-order valence-corrected chi connectivity index (χ2v) is 15.3. The van der Waals surface area contributed by atoms with Crippen LogP contribution in [0.15, 0.2) is 0 Å². The molecule has 0 saturated heterocycles. The number of carbonyl (C=O) groups excluding carboxylic acids is 4. The monoisotopic (exact) mass is 572 g/mol. The van der Waals surface area contributed by atoms with Crippen molar-refractivity contribution in [1.29, 1.82) is 0 Å². The van der Waals surface area contributed by atoms with E-state index in [1.807, 2.05) is 0 Å². The third kappa shape index (κ3) is 6.42. The minimum atomic E-state index is -5.71. The van der Waals surface area contributed by atoms with Crippen LogP contribution >= 0.6 is 0 Å². The van der Waals surface area contributed by atoms with E-state index in [2.05, 4.69) is 0 Å². The molecule has 8 nitrogen and oxygen atoms in total. The van der Waals surface area contributed by atoms with Gasteiger partial charge < -0.3 is 0 Å². The summed E-state index contributed by atoms with van der Waals surface area (Å²) in [5.41, 5.74) is 0. The molecule has 0 heterocycles. The Balaban J connectivity index is 1.58. The van der Waals surface area contributed by atoms with Crippen molar-refractivity contribution in [2.75, 3.05) is 0 Å². The third-order valence-electron chi connectivity index (χ3n) is 7.66. The van der Waals surface area contributed by atoms with E-state index in [0.29, 0.717) is 51.4 Å². The number of hydrogen-bond acceptors (Lipinski definition) is 8. The predicted octanol–water partition coefficient (Wildman–Crippen LogP) is 4.36. The topological polar surface area (TPSA) is 105 Å². The molecule has 0 bridgehead atoms. The van der Waals surface area contributed by atoms with Crippen molar-refractivity contribution in [2.24, 2.45) is 23.7 Å². The Bertz CT molecular complexity index is 603. The molecule has 0 atom stereocenters. The molecule has 0 aromatic rings. The molecule has 4 aliphatic carbocycles. The molecule has 0 unspecified atom stereocenters. The zero-order chi connectivity index (χ0) is 23.3. The van der Waals surface area contributed by atoms with Gasteiger partial charge in [-0.2, -0.15) is 0 Å². The van der Waals surface area contributed by atoms with Crippen LogP contribution in [-0.2, 0) is 31.5 Å². The van der Waals surface area contributed by atoms with Gasteiger partial charge in [-0.05, 0) is 0 Å². The summed E-state index contributed by atoms with van der Waals surface area (Å²) in [7, 11) is 0. The second-order valence-electron chi connectivity index (χ2n) is 10.1. The van der Waals surface area contributed by atoms with Crippen LogP contribution in [0.4, 0.5) is 0 Å². The van der Waals surface area contributed by atoms with Gasteiger partial charge in [-0.15, -0.1) is 0 Å². The van der Waals surface area contributed by atoms with E-state index in [1.54, 1.807) is 0 Å². The Kier molecular flexibility index (Phi) is 8.57. The van der Waals surface area contributed by atoms with Crippen molar-refractivity contribution < 1.29 is 31.5 Å². The van der Waals surface area contributed by atoms with Crippen LogP contribution in [-0.4, -0.2) is 43.9 Å². The fourth-order valence-corrected chi connectivity index (χ4v) is 11.0. The van der Waals surface area contributed by atoms with Crippen molar-refractivity contribution in [2.45, 2.75) is 103 Å². The summed E-state index contributed by atoms with van der Waals surface area (Å²) in [4.78, 5) is 52.1. The fourth-order valence-electron chi connectivity index (χ4n) is 5.60. The molecular weight excluding hydrogens is 535 g/mol. The summed E-state index contributed by atoms with van der Waals surface area (Å²) >= 11 is -5.71. The average Bonchev–Trinajstić information content (AvgIpc) is 3.61. The number of carbonyl (C=O) groups is 4. The zero-order valence-corrected chi connectivity index (χ0v) is 22.2. The standard InChI is InChI=1S/4C6H10O2.Sn/c4*7-6(8)5-3-1-2-4-5;/h4*5H,1-4H2,(H,7,8);/q;;;;+4/p-4. The van der Waals surface area contributed by atoms with Crippen molar-refractivity contribution in [1.82, 2.24) is 0 Å². The van der Waals surface area contributed by atoms with Gasteiger partial charge in [-0.3, -0.25) is 0 Å². The molecule has 4 rings (SSSR count). The summed E-state index contributed by atoms with van der Waals surface area (Å²) in [6, 6.07) is 0. The quantitative estimate of drug-likeness (QED) is 0.396. The maximum absolute atomic E-state index is 13.0. The molecule has 184 valence electrons. The van der Waals surface area contributed by atoms with Crippen LogP contribution in [0.5, 0.6) is 0 Å². The van der Waals surface area contributed by atoms with Gasteiger partial charge in [0.1, 0.15) is 0 Å². The van der Waals surface area contributed by atoms with E-state index < -0.39 is 43.9 Å². The Morgan fingerprint density at radius 1 is 0.394 bits per heavy atom. The molecule has 0 aliphatic heterocycles. The minimum absolute atomic E-state index is 0.346. The molecule has 0 aromatic carbocycles. The van der Waals surface area contributed by atoms with Crippen LogP contribution in [0, 0.1) is 23.7 Å². The van der Waals surface area contributed by atoms with E-state index in [4.69, 9.17) is 12.3 Å². The zero-order valence-electron chi connectivity index (χ0n) is 19.4. The Morgan fingerprint density at radius 3 is 0.758 bits per heavy atom. The SMILES string of the molecule is O=C([O][Sn]([O]C(=O)C1CCCC1)([O]C(=O)C1CCCC1)[O]C(=O)C1CCCC1)C1CCCC1. The van der Waals surface area contributed by atoms with Crippen molar-refractivity contribution >= 4 is 43.9 Å². The Morgan fingerprint density at radius 2 is 0.576 bits per heavy atom. The molecule has 0 N–H and O–H groups in total. The first-order valence-electron chi connectivity index (χ1n) is 12.9. The first-order valence-corrected chi connectivity index (χ1v) is 17.5. The molecule has 0 spiro atoms. The van der Waals surface area contributed by atoms with Crippen molar-refractivity contribution in [3.8, 4) is 0 Å². The molecule has 9 heteroatoms. The first kappa shape index (κ1) is 24.8. The van der Waals surface area contributed by atoms with Gasteiger partial charge in [0.25, 0.3) is 0 Å². The molecule has 0 aromatic heterocycles. The first-order chi connectivity index (χ1) is 16.0. The van der Waals surface area contributed by atoms with Crippen LogP contribution in [0.25, 0.3) is 0 Å². The average molecular weight is 571 g/mol. The van der Waals surface area contributed by atoms with Crippen LogP contribution < -0.4 is 0 Å². The number of hydrogen-bond donors (Lipinski definition) is 0. The van der Waals surface area contributed by atoms with Gasteiger partial charge in [0.05, 0.1) is 0 Å². The van der Waals surface area contributed by atoms with Gasteiger partial charge in [-0.25, -0.2) is 0 Å². The van der Waals surface area contributed by atoms with Gasteiger partial charge in [-0.1, -0.05) is 0 Å². The fraction of sp³-hybridized carbons (Fsp3) is 0.833. The van der Waals surface area contributed by atoms with E-state index in [1.165, 1.54) is 0 Å². The summed E-state index contributed by atoms with van der Waals surface area (Å²) < 4.78 is 23.0. The maximum atomic E-state index is 13.0. The number of rotatable bonds is 8. The Labute approximate surface area is 201 Å². The Hall–Kier alpha value is -1.32.